The first-order valence-corrected chi connectivity index (χ1v) is 4.86. The molecule has 66 valence electrons. The highest BCUT2D eigenvalue weighted by Gasteiger charge is 2.29. The molecule has 0 bridgehead atoms. The summed E-state index contributed by atoms with van der Waals surface area (Å²) in [4.78, 5) is 0. The van der Waals surface area contributed by atoms with Crippen LogP contribution in [0.15, 0.2) is 46.6 Å². The van der Waals surface area contributed by atoms with Gasteiger partial charge in [0.1, 0.15) is 6.10 Å². The van der Waals surface area contributed by atoms with Crippen LogP contribution in [-0.2, 0) is 0 Å². The molecule has 1 atom stereocenters. The third kappa shape index (κ3) is 0.909. The predicted octanol–water partition coefficient (Wildman–Crippen LogP) is 2.26. The molecular formula is C12H12O. The van der Waals surface area contributed by atoms with Gasteiger partial charge in [0.15, 0.2) is 0 Å². The minimum Gasteiger partial charge on any atom is -0.384 e. The average molecular weight is 172 g/mol. The zero-order valence-electron chi connectivity index (χ0n) is 7.46. The second-order valence-corrected chi connectivity index (χ2v) is 3.89. The maximum Gasteiger partial charge on any atom is 0.101 e. The summed E-state index contributed by atoms with van der Waals surface area (Å²) < 4.78 is 0. The van der Waals surface area contributed by atoms with Crippen molar-refractivity contribution in [3.05, 3.63) is 46.6 Å². The Kier molecular flexibility index (Phi) is 1.39. The largest absolute Gasteiger partial charge is 0.384 e. The number of aliphatic hydroxyl groups is 1. The lowest BCUT2D eigenvalue weighted by Crippen LogP contribution is -2.16. The fourth-order valence-corrected chi connectivity index (χ4v) is 2.47. The summed E-state index contributed by atoms with van der Waals surface area (Å²) in [6.45, 7) is 0. The van der Waals surface area contributed by atoms with Crippen molar-refractivity contribution < 1.29 is 5.11 Å². The van der Waals surface area contributed by atoms with Crippen LogP contribution in [0.25, 0.3) is 0 Å². The Labute approximate surface area is 77.8 Å². The van der Waals surface area contributed by atoms with Gasteiger partial charge in [0.2, 0.25) is 0 Å². The molecule has 0 aromatic heterocycles. The summed E-state index contributed by atoms with van der Waals surface area (Å²) in [5, 5.41) is 10.0. The molecule has 0 spiro atoms. The van der Waals surface area contributed by atoms with Gasteiger partial charge in [0, 0.05) is 0 Å². The molecule has 0 aromatic carbocycles. The van der Waals surface area contributed by atoms with Gasteiger partial charge in [0.05, 0.1) is 0 Å². The molecule has 0 aromatic rings. The topological polar surface area (TPSA) is 20.2 Å². The van der Waals surface area contributed by atoms with Gasteiger partial charge in [-0.15, -0.1) is 0 Å². The summed E-state index contributed by atoms with van der Waals surface area (Å²) in [5.74, 6) is 0. The van der Waals surface area contributed by atoms with Crippen LogP contribution < -0.4 is 0 Å². The third-order valence-corrected chi connectivity index (χ3v) is 3.14. The molecule has 0 heterocycles. The Balaban J connectivity index is 2.13. The molecule has 13 heavy (non-hydrogen) atoms. The van der Waals surface area contributed by atoms with Crippen molar-refractivity contribution in [2.45, 2.75) is 25.4 Å². The van der Waals surface area contributed by atoms with Crippen molar-refractivity contribution in [1.82, 2.24) is 0 Å². The average Bonchev–Trinajstić information content (AvgIpc) is 2.71. The van der Waals surface area contributed by atoms with E-state index < -0.39 is 0 Å². The molecule has 0 saturated carbocycles. The second-order valence-electron chi connectivity index (χ2n) is 3.89. The normalized spacial score (nSPS) is 30.1. The molecule has 0 amide bonds. The van der Waals surface area contributed by atoms with E-state index in [1.807, 2.05) is 12.2 Å². The molecule has 3 aliphatic carbocycles. The molecule has 1 N–H and O–H groups in total. The third-order valence-electron chi connectivity index (χ3n) is 3.14. The number of hydrogen-bond acceptors (Lipinski definition) is 1. The molecule has 1 unspecified atom stereocenters. The van der Waals surface area contributed by atoms with Crippen LogP contribution >= 0.6 is 0 Å². The maximum absolute atomic E-state index is 10.0. The van der Waals surface area contributed by atoms with Gasteiger partial charge < -0.3 is 5.11 Å². The van der Waals surface area contributed by atoms with Crippen molar-refractivity contribution in [2.75, 3.05) is 0 Å². The molecule has 3 aliphatic rings. The lowest BCUT2D eigenvalue weighted by atomic mass is 9.89. The minimum absolute atomic E-state index is 0.313. The predicted molar refractivity (Wildman–Crippen MR) is 52.2 cm³/mol. The van der Waals surface area contributed by atoms with E-state index in [0.717, 1.165) is 18.4 Å². The highest BCUT2D eigenvalue weighted by molar-refractivity contribution is 5.60. The summed E-state index contributed by atoms with van der Waals surface area (Å²) in [6, 6.07) is 0. The van der Waals surface area contributed by atoms with Crippen molar-refractivity contribution in [3.8, 4) is 0 Å². The standard InChI is InChI=1S/C12H12O/c13-12-10-5-1-3-8(10)7-9-4-2-6-11(9)12/h1,3,5,7,12-13H,2,4,6H2. The molecule has 1 heteroatoms. The van der Waals surface area contributed by atoms with E-state index in [4.69, 9.17) is 0 Å². The van der Waals surface area contributed by atoms with Crippen LogP contribution in [0.5, 0.6) is 0 Å². The van der Waals surface area contributed by atoms with Gasteiger partial charge in [-0.2, -0.15) is 0 Å². The quantitative estimate of drug-likeness (QED) is 0.594. The van der Waals surface area contributed by atoms with E-state index in [0.29, 0.717) is 0 Å². The van der Waals surface area contributed by atoms with E-state index in [-0.39, 0.29) is 6.10 Å². The Hall–Kier alpha value is -1.08. The molecule has 3 rings (SSSR count). The molecule has 0 aliphatic heterocycles. The summed E-state index contributed by atoms with van der Waals surface area (Å²) in [6.07, 6.45) is 11.5. The van der Waals surface area contributed by atoms with E-state index >= 15 is 0 Å². The van der Waals surface area contributed by atoms with Crippen molar-refractivity contribution in [3.63, 3.8) is 0 Å². The Morgan fingerprint density at radius 3 is 3.15 bits per heavy atom. The van der Waals surface area contributed by atoms with Crippen LogP contribution in [0.4, 0.5) is 0 Å². The fraction of sp³-hybridized carbons (Fsp3) is 0.333. The first-order chi connectivity index (χ1) is 6.36. The van der Waals surface area contributed by atoms with Crippen molar-refractivity contribution in [2.24, 2.45) is 0 Å². The molecule has 0 fully saturated rings. The van der Waals surface area contributed by atoms with Gasteiger partial charge in [-0.3, -0.25) is 0 Å². The second kappa shape index (κ2) is 2.46. The first kappa shape index (κ1) is 7.34. The zero-order valence-corrected chi connectivity index (χ0v) is 7.46. The van der Waals surface area contributed by atoms with Crippen molar-refractivity contribution >= 4 is 0 Å². The van der Waals surface area contributed by atoms with Crippen molar-refractivity contribution in [1.29, 1.82) is 0 Å². The van der Waals surface area contributed by atoms with Gasteiger partial charge in [-0.25, -0.2) is 0 Å². The Bertz CT molecular complexity index is 380. The Morgan fingerprint density at radius 2 is 2.23 bits per heavy atom. The minimum atomic E-state index is -0.313. The summed E-state index contributed by atoms with van der Waals surface area (Å²) in [7, 11) is 0. The first-order valence-electron chi connectivity index (χ1n) is 4.86. The van der Waals surface area contributed by atoms with E-state index in [2.05, 4.69) is 12.2 Å². The number of aliphatic hydroxyl groups excluding tert-OH is 1. The highest BCUT2D eigenvalue weighted by atomic mass is 16.3. The molecule has 1 nitrogen and oxygen atoms in total. The lowest BCUT2D eigenvalue weighted by molar-refractivity contribution is 0.245. The van der Waals surface area contributed by atoms with Gasteiger partial charge in [-0.05, 0) is 41.6 Å². The van der Waals surface area contributed by atoms with Crippen LogP contribution in [0.1, 0.15) is 19.3 Å². The molecule has 0 saturated heterocycles. The van der Waals surface area contributed by atoms with Crippen LogP contribution in [0, 0.1) is 0 Å². The Morgan fingerprint density at radius 1 is 1.31 bits per heavy atom. The number of fused-ring (bicyclic) bond motifs is 1. The SMILES string of the molecule is OC1C2=CC=CC2=CC2=C1CCC2. The van der Waals surface area contributed by atoms with E-state index in [1.54, 1.807) is 0 Å². The zero-order chi connectivity index (χ0) is 8.84. The van der Waals surface area contributed by atoms with Gasteiger partial charge in [-0.1, -0.05) is 24.3 Å². The summed E-state index contributed by atoms with van der Waals surface area (Å²) >= 11 is 0. The van der Waals surface area contributed by atoms with E-state index in [1.165, 1.54) is 23.1 Å². The van der Waals surface area contributed by atoms with Crippen LogP contribution in [0.3, 0.4) is 0 Å². The number of rotatable bonds is 0. The maximum atomic E-state index is 10.0. The monoisotopic (exact) mass is 172 g/mol. The smallest absolute Gasteiger partial charge is 0.101 e. The van der Waals surface area contributed by atoms with Crippen LogP contribution in [-0.4, -0.2) is 11.2 Å². The highest BCUT2D eigenvalue weighted by Crippen LogP contribution is 2.40. The van der Waals surface area contributed by atoms with Gasteiger partial charge in [0.25, 0.3) is 0 Å². The van der Waals surface area contributed by atoms with E-state index in [9.17, 15) is 5.11 Å². The summed E-state index contributed by atoms with van der Waals surface area (Å²) in [5.41, 5.74) is 4.96. The van der Waals surface area contributed by atoms with Gasteiger partial charge >= 0.3 is 0 Å². The number of hydrogen-bond donors (Lipinski definition) is 1. The molecule has 0 radical (unpaired) electrons. The lowest BCUT2D eigenvalue weighted by Gasteiger charge is -2.21. The van der Waals surface area contributed by atoms with Crippen LogP contribution in [0.2, 0.25) is 0 Å². The number of allylic oxidation sites excluding steroid dienone is 5. The fourth-order valence-electron chi connectivity index (χ4n) is 2.47. The molecular weight excluding hydrogens is 160 g/mol.